The molecule has 3 nitrogen and oxygen atoms in total. The van der Waals surface area contributed by atoms with Gasteiger partial charge in [0.05, 0.1) is 0 Å². The van der Waals surface area contributed by atoms with Crippen LogP contribution < -0.4 is 5.32 Å². The molecule has 0 spiro atoms. The first kappa shape index (κ1) is 13.2. The minimum absolute atomic E-state index is 0.207. The van der Waals surface area contributed by atoms with E-state index in [1.165, 1.54) is 0 Å². The zero-order valence-electron chi connectivity index (χ0n) is 9.59. The summed E-state index contributed by atoms with van der Waals surface area (Å²) in [5.41, 5.74) is -0.411. The maximum Gasteiger partial charge on any atom is 0.323 e. The quantitative estimate of drug-likeness (QED) is 0.417. The summed E-state index contributed by atoms with van der Waals surface area (Å²) in [6.45, 7) is 11.7. The molecule has 0 saturated heterocycles. The lowest BCUT2D eigenvalue weighted by atomic mass is 10.2. The molecule has 0 aliphatic rings. The highest BCUT2D eigenvalue weighted by Gasteiger charge is 2.20. The van der Waals surface area contributed by atoms with E-state index in [9.17, 15) is 4.79 Å². The second kappa shape index (κ2) is 5.81. The Morgan fingerprint density at radius 3 is 2.57 bits per heavy atom. The van der Waals surface area contributed by atoms with E-state index in [-0.39, 0.29) is 12.0 Å². The third kappa shape index (κ3) is 6.66. The predicted molar refractivity (Wildman–Crippen MR) is 58.1 cm³/mol. The highest BCUT2D eigenvalue weighted by molar-refractivity contribution is 5.75. The molecule has 1 N–H and O–H groups in total. The van der Waals surface area contributed by atoms with Crippen molar-refractivity contribution in [3.8, 4) is 0 Å². The molecule has 0 aromatic heterocycles. The summed E-state index contributed by atoms with van der Waals surface area (Å²) >= 11 is 0. The summed E-state index contributed by atoms with van der Waals surface area (Å²) in [5, 5.41) is 3.06. The zero-order valence-corrected chi connectivity index (χ0v) is 9.59. The van der Waals surface area contributed by atoms with Gasteiger partial charge in [0, 0.05) is 0 Å². The van der Waals surface area contributed by atoms with E-state index in [1.807, 2.05) is 26.8 Å². The van der Waals surface area contributed by atoms with Crippen LogP contribution in [-0.2, 0) is 9.53 Å². The molecular weight excluding hydrogens is 178 g/mol. The van der Waals surface area contributed by atoms with Crippen molar-refractivity contribution in [2.24, 2.45) is 0 Å². The molecule has 1 atom stereocenters. The summed E-state index contributed by atoms with van der Waals surface area (Å²) in [4.78, 5) is 11.4. The SMILES string of the molecule is C=CCCNC(C)C(=O)OC(C)(C)C. The number of hydrogen-bond acceptors (Lipinski definition) is 3. The Kier molecular flexibility index (Phi) is 5.46. The number of hydrogen-bond donors (Lipinski definition) is 1. The van der Waals surface area contributed by atoms with E-state index in [2.05, 4.69) is 11.9 Å². The fourth-order valence-electron chi connectivity index (χ4n) is 0.875. The molecule has 0 radical (unpaired) electrons. The van der Waals surface area contributed by atoms with Crippen LogP contribution in [0.4, 0.5) is 0 Å². The number of esters is 1. The predicted octanol–water partition coefficient (Wildman–Crippen LogP) is 1.88. The fourth-order valence-corrected chi connectivity index (χ4v) is 0.875. The molecule has 0 aliphatic heterocycles. The van der Waals surface area contributed by atoms with Crippen molar-refractivity contribution >= 4 is 5.97 Å². The van der Waals surface area contributed by atoms with Crippen molar-refractivity contribution < 1.29 is 9.53 Å². The van der Waals surface area contributed by atoms with Crippen LogP contribution >= 0.6 is 0 Å². The Morgan fingerprint density at radius 2 is 2.14 bits per heavy atom. The summed E-state index contributed by atoms with van der Waals surface area (Å²) in [6.07, 6.45) is 2.67. The molecule has 0 rings (SSSR count). The van der Waals surface area contributed by atoms with Gasteiger partial charge in [0.1, 0.15) is 11.6 Å². The van der Waals surface area contributed by atoms with E-state index in [0.717, 1.165) is 13.0 Å². The summed E-state index contributed by atoms with van der Waals surface area (Å²) in [6, 6.07) is -0.255. The Hall–Kier alpha value is -0.830. The molecule has 0 aromatic carbocycles. The molecule has 14 heavy (non-hydrogen) atoms. The van der Waals surface area contributed by atoms with E-state index < -0.39 is 5.60 Å². The third-order valence-electron chi connectivity index (χ3n) is 1.56. The van der Waals surface area contributed by atoms with Crippen LogP contribution in [0.2, 0.25) is 0 Å². The Morgan fingerprint density at radius 1 is 1.57 bits per heavy atom. The molecule has 0 bridgehead atoms. The molecule has 0 aliphatic carbocycles. The number of carbonyl (C=O) groups is 1. The van der Waals surface area contributed by atoms with Crippen LogP contribution in [0.15, 0.2) is 12.7 Å². The van der Waals surface area contributed by atoms with Crippen LogP contribution in [0.5, 0.6) is 0 Å². The molecule has 0 fully saturated rings. The molecule has 0 amide bonds. The van der Waals surface area contributed by atoms with Crippen LogP contribution in [-0.4, -0.2) is 24.2 Å². The second-order valence-corrected chi connectivity index (χ2v) is 4.29. The topological polar surface area (TPSA) is 38.3 Å². The number of rotatable bonds is 5. The average molecular weight is 199 g/mol. The Bertz CT molecular complexity index is 194. The van der Waals surface area contributed by atoms with Crippen molar-refractivity contribution in [1.82, 2.24) is 5.32 Å². The van der Waals surface area contributed by atoms with Gasteiger partial charge in [-0.15, -0.1) is 6.58 Å². The van der Waals surface area contributed by atoms with Crippen molar-refractivity contribution in [2.75, 3.05) is 6.54 Å². The van der Waals surface area contributed by atoms with E-state index >= 15 is 0 Å². The number of carbonyl (C=O) groups excluding carboxylic acids is 1. The lowest BCUT2D eigenvalue weighted by Crippen LogP contribution is -2.39. The minimum Gasteiger partial charge on any atom is -0.459 e. The minimum atomic E-state index is -0.411. The van der Waals surface area contributed by atoms with E-state index in [1.54, 1.807) is 6.92 Å². The first-order valence-corrected chi connectivity index (χ1v) is 4.94. The van der Waals surface area contributed by atoms with Crippen molar-refractivity contribution in [1.29, 1.82) is 0 Å². The van der Waals surface area contributed by atoms with Crippen LogP contribution in [0, 0.1) is 0 Å². The van der Waals surface area contributed by atoms with Crippen LogP contribution in [0.3, 0.4) is 0 Å². The van der Waals surface area contributed by atoms with Gasteiger partial charge in [0.15, 0.2) is 0 Å². The Balaban J connectivity index is 3.82. The third-order valence-corrected chi connectivity index (χ3v) is 1.56. The summed E-state index contributed by atoms with van der Waals surface area (Å²) in [7, 11) is 0. The van der Waals surface area contributed by atoms with Gasteiger partial charge in [-0.25, -0.2) is 0 Å². The molecule has 0 aromatic rings. The summed E-state index contributed by atoms with van der Waals surface area (Å²) < 4.78 is 5.20. The van der Waals surface area contributed by atoms with Gasteiger partial charge < -0.3 is 10.1 Å². The van der Waals surface area contributed by atoms with Gasteiger partial charge in [-0.05, 0) is 40.7 Å². The van der Waals surface area contributed by atoms with Gasteiger partial charge in [-0.1, -0.05) is 6.08 Å². The molecular formula is C11H21NO2. The molecule has 0 heterocycles. The van der Waals surface area contributed by atoms with Gasteiger partial charge >= 0.3 is 5.97 Å². The zero-order chi connectivity index (χ0) is 11.2. The number of ether oxygens (including phenoxy) is 1. The first-order valence-electron chi connectivity index (χ1n) is 4.94. The van der Waals surface area contributed by atoms with Gasteiger partial charge in [0.25, 0.3) is 0 Å². The lowest BCUT2D eigenvalue weighted by molar-refractivity contribution is -0.156. The number of nitrogens with one attached hydrogen (secondary N) is 1. The standard InChI is InChI=1S/C11H21NO2/c1-6-7-8-12-9(2)10(13)14-11(3,4)5/h6,9,12H,1,7-8H2,2-5H3. The molecule has 0 saturated carbocycles. The molecule has 1 unspecified atom stereocenters. The van der Waals surface area contributed by atoms with Gasteiger partial charge in [0.2, 0.25) is 0 Å². The monoisotopic (exact) mass is 199 g/mol. The highest BCUT2D eigenvalue weighted by atomic mass is 16.6. The normalized spacial score (nSPS) is 13.4. The van der Waals surface area contributed by atoms with Crippen LogP contribution in [0.1, 0.15) is 34.1 Å². The largest absolute Gasteiger partial charge is 0.459 e. The maximum absolute atomic E-state index is 11.4. The van der Waals surface area contributed by atoms with Gasteiger partial charge in [-0.3, -0.25) is 4.79 Å². The maximum atomic E-state index is 11.4. The molecule has 82 valence electrons. The van der Waals surface area contributed by atoms with E-state index in [4.69, 9.17) is 4.74 Å². The van der Waals surface area contributed by atoms with Crippen molar-refractivity contribution in [2.45, 2.75) is 45.8 Å². The molecule has 3 heteroatoms. The average Bonchev–Trinajstić information content (AvgIpc) is 2.01. The van der Waals surface area contributed by atoms with Crippen molar-refractivity contribution in [3.05, 3.63) is 12.7 Å². The smallest absolute Gasteiger partial charge is 0.323 e. The summed E-state index contributed by atoms with van der Waals surface area (Å²) in [5.74, 6) is -0.207. The highest BCUT2D eigenvalue weighted by Crippen LogP contribution is 2.08. The van der Waals surface area contributed by atoms with Crippen LogP contribution in [0.25, 0.3) is 0 Å². The van der Waals surface area contributed by atoms with Crippen molar-refractivity contribution in [3.63, 3.8) is 0 Å². The van der Waals surface area contributed by atoms with Gasteiger partial charge in [-0.2, -0.15) is 0 Å². The second-order valence-electron chi connectivity index (χ2n) is 4.29. The fraction of sp³-hybridized carbons (Fsp3) is 0.727. The first-order chi connectivity index (χ1) is 6.37. The lowest BCUT2D eigenvalue weighted by Gasteiger charge is -2.22. The van der Waals surface area contributed by atoms with E-state index in [0.29, 0.717) is 0 Å². The Labute approximate surface area is 86.5 Å².